The number of likely N-dealkylation sites (tertiary alicyclic amines) is 1. The molecule has 1 aliphatic rings. The summed E-state index contributed by atoms with van der Waals surface area (Å²) >= 11 is 0. The van der Waals surface area contributed by atoms with Gasteiger partial charge < -0.3 is 15.5 Å². The summed E-state index contributed by atoms with van der Waals surface area (Å²) < 4.78 is 0. The number of halogens is 1. The minimum atomic E-state index is 0. The van der Waals surface area contributed by atoms with Crippen LogP contribution in [0.1, 0.15) is 38.5 Å². The third-order valence-corrected chi connectivity index (χ3v) is 3.35. The second kappa shape index (κ2) is 12.0. The van der Waals surface area contributed by atoms with Gasteiger partial charge in [-0.15, -0.1) is 24.0 Å². The number of hydrogen-bond donors (Lipinski definition) is 2. The van der Waals surface area contributed by atoms with Gasteiger partial charge in [-0.2, -0.15) is 0 Å². The predicted octanol–water partition coefficient (Wildman–Crippen LogP) is 2.06. The van der Waals surface area contributed by atoms with Gasteiger partial charge in [0.15, 0.2) is 5.96 Å². The summed E-state index contributed by atoms with van der Waals surface area (Å²) in [5, 5.41) is 6.31. The molecule has 0 aromatic carbocycles. The lowest BCUT2D eigenvalue weighted by Gasteiger charge is -2.26. The molecule has 0 atom stereocenters. The molecular formula is C13H29IN4. The monoisotopic (exact) mass is 368 g/mol. The van der Waals surface area contributed by atoms with E-state index in [1.807, 2.05) is 7.05 Å². The number of nitrogens with zero attached hydrogens (tertiary/aromatic N) is 2. The molecule has 0 saturated carbocycles. The minimum absolute atomic E-state index is 0. The highest BCUT2D eigenvalue weighted by atomic mass is 127. The Morgan fingerprint density at radius 3 is 2.44 bits per heavy atom. The van der Waals surface area contributed by atoms with E-state index in [1.54, 1.807) is 7.05 Å². The Morgan fingerprint density at radius 1 is 1.11 bits per heavy atom. The first-order valence-electron chi connectivity index (χ1n) is 6.97. The molecule has 0 amide bonds. The van der Waals surface area contributed by atoms with E-state index in [9.17, 15) is 0 Å². The first kappa shape index (κ1) is 18.0. The number of aliphatic imine (C=N–C) groups is 1. The van der Waals surface area contributed by atoms with E-state index in [0.29, 0.717) is 0 Å². The lowest BCUT2D eigenvalue weighted by atomic mass is 10.1. The zero-order valence-electron chi connectivity index (χ0n) is 11.9. The maximum atomic E-state index is 4.08. The van der Waals surface area contributed by atoms with E-state index in [1.165, 1.54) is 58.2 Å². The molecular weight excluding hydrogens is 339 g/mol. The molecule has 1 heterocycles. The van der Waals surface area contributed by atoms with Gasteiger partial charge in [0.25, 0.3) is 0 Å². The van der Waals surface area contributed by atoms with Crippen molar-refractivity contribution < 1.29 is 0 Å². The molecule has 0 spiro atoms. The summed E-state index contributed by atoms with van der Waals surface area (Å²) in [5.74, 6) is 0.890. The maximum absolute atomic E-state index is 4.08. The number of hydrogen-bond acceptors (Lipinski definition) is 2. The van der Waals surface area contributed by atoms with Gasteiger partial charge in [-0.3, -0.25) is 4.99 Å². The highest BCUT2D eigenvalue weighted by molar-refractivity contribution is 14.0. The molecule has 1 rings (SSSR count). The zero-order chi connectivity index (χ0) is 12.3. The highest BCUT2D eigenvalue weighted by Gasteiger charge is 2.08. The lowest BCUT2D eigenvalue weighted by molar-refractivity contribution is 0.224. The molecule has 0 radical (unpaired) electrons. The number of nitrogens with one attached hydrogen (secondary N) is 2. The molecule has 0 aromatic rings. The maximum Gasteiger partial charge on any atom is 0.190 e. The molecule has 4 nitrogen and oxygen atoms in total. The van der Waals surface area contributed by atoms with Crippen molar-refractivity contribution in [3.8, 4) is 0 Å². The standard InChI is InChI=1S/C13H28N4.HI/c1-14-13(15-2)16-9-5-3-6-10-17-11-7-4-8-12-17;/h3-12H2,1-2H3,(H2,14,15,16);1H. The van der Waals surface area contributed by atoms with Gasteiger partial charge in [0.2, 0.25) is 0 Å². The summed E-state index contributed by atoms with van der Waals surface area (Å²) in [5.41, 5.74) is 0. The Labute approximate surface area is 129 Å². The quantitative estimate of drug-likeness (QED) is 0.326. The fraction of sp³-hybridized carbons (Fsp3) is 0.923. The third-order valence-electron chi connectivity index (χ3n) is 3.35. The summed E-state index contributed by atoms with van der Waals surface area (Å²) in [6.45, 7) is 4.96. The van der Waals surface area contributed by atoms with Crippen molar-refractivity contribution in [1.82, 2.24) is 15.5 Å². The van der Waals surface area contributed by atoms with Crippen LogP contribution in [0.2, 0.25) is 0 Å². The van der Waals surface area contributed by atoms with Crippen LogP contribution in [-0.2, 0) is 0 Å². The Balaban J connectivity index is 0.00000289. The molecule has 108 valence electrons. The molecule has 0 aliphatic carbocycles. The first-order chi connectivity index (χ1) is 8.36. The van der Waals surface area contributed by atoms with Crippen molar-refractivity contribution >= 4 is 29.9 Å². The van der Waals surface area contributed by atoms with Crippen LogP contribution in [0.5, 0.6) is 0 Å². The third kappa shape index (κ3) is 8.13. The Hall–Kier alpha value is -0.0400. The normalized spacial score (nSPS) is 17.1. The average Bonchev–Trinajstić information content (AvgIpc) is 2.39. The van der Waals surface area contributed by atoms with Crippen LogP contribution in [0.4, 0.5) is 0 Å². The van der Waals surface area contributed by atoms with Gasteiger partial charge >= 0.3 is 0 Å². The van der Waals surface area contributed by atoms with Crippen LogP contribution in [0, 0.1) is 0 Å². The molecule has 1 fully saturated rings. The molecule has 0 bridgehead atoms. The van der Waals surface area contributed by atoms with Gasteiger partial charge in [0.1, 0.15) is 0 Å². The smallest absolute Gasteiger partial charge is 0.190 e. The number of guanidine groups is 1. The van der Waals surface area contributed by atoms with Gasteiger partial charge in [0, 0.05) is 20.6 Å². The summed E-state index contributed by atoms with van der Waals surface area (Å²) in [6.07, 6.45) is 8.11. The lowest BCUT2D eigenvalue weighted by Crippen LogP contribution is -2.35. The van der Waals surface area contributed by atoms with Crippen molar-refractivity contribution in [2.75, 3.05) is 40.3 Å². The van der Waals surface area contributed by atoms with E-state index in [-0.39, 0.29) is 24.0 Å². The molecule has 18 heavy (non-hydrogen) atoms. The van der Waals surface area contributed by atoms with Crippen molar-refractivity contribution in [2.24, 2.45) is 4.99 Å². The van der Waals surface area contributed by atoms with Gasteiger partial charge in [-0.25, -0.2) is 0 Å². The summed E-state index contributed by atoms with van der Waals surface area (Å²) in [4.78, 5) is 6.70. The molecule has 0 unspecified atom stereocenters. The Bertz CT molecular complexity index is 215. The fourth-order valence-corrected chi connectivity index (χ4v) is 2.31. The van der Waals surface area contributed by atoms with Crippen molar-refractivity contribution in [3.05, 3.63) is 0 Å². The highest BCUT2D eigenvalue weighted by Crippen LogP contribution is 2.09. The van der Waals surface area contributed by atoms with Crippen LogP contribution in [0.3, 0.4) is 0 Å². The van der Waals surface area contributed by atoms with E-state index in [2.05, 4.69) is 20.5 Å². The summed E-state index contributed by atoms with van der Waals surface area (Å²) in [7, 11) is 3.70. The largest absolute Gasteiger partial charge is 0.359 e. The van der Waals surface area contributed by atoms with Crippen LogP contribution >= 0.6 is 24.0 Å². The predicted molar refractivity (Wildman–Crippen MR) is 90.0 cm³/mol. The summed E-state index contributed by atoms with van der Waals surface area (Å²) in [6, 6.07) is 0. The topological polar surface area (TPSA) is 39.7 Å². The van der Waals surface area contributed by atoms with Crippen molar-refractivity contribution in [3.63, 3.8) is 0 Å². The van der Waals surface area contributed by atoms with Crippen molar-refractivity contribution in [1.29, 1.82) is 0 Å². The number of unbranched alkanes of at least 4 members (excludes halogenated alkanes) is 2. The number of piperidine rings is 1. The van der Waals surface area contributed by atoms with E-state index < -0.39 is 0 Å². The molecule has 5 heteroatoms. The first-order valence-corrected chi connectivity index (χ1v) is 6.97. The zero-order valence-corrected chi connectivity index (χ0v) is 14.2. The SMILES string of the molecule is CN=C(NC)NCCCCCN1CCCCC1.I. The van der Waals surface area contributed by atoms with Crippen LogP contribution in [0.25, 0.3) is 0 Å². The van der Waals surface area contributed by atoms with Crippen LogP contribution in [0.15, 0.2) is 4.99 Å². The van der Waals surface area contributed by atoms with Crippen molar-refractivity contribution in [2.45, 2.75) is 38.5 Å². The molecule has 1 aliphatic heterocycles. The van der Waals surface area contributed by atoms with E-state index in [0.717, 1.165) is 12.5 Å². The molecule has 0 aromatic heterocycles. The molecule has 1 saturated heterocycles. The molecule has 2 N–H and O–H groups in total. The average molecular weight is 368 g/mol. The Kier molecular flexibility index (Phi) is 12.0. The Morgan fingerprint density at radius 2 is 1.83 bits per heavy atom. The van der Waals surface area contributed by atoms with E-state index >= 15 is 0 Å². The second-order valence-electron chi connectivity index (χ2n) is 4.71. The van der Waals surface area contributed by atoms with Crippen LogP contribution in [-0.4, -0.2) is 51.1 Å². The van der Waals surface area contributed by atoms with Gasteiger partial charge in [0.05, 0.1) is 0 Å². The van der Waals surface area contributed by atoms with Gasteiger partial charge in [-0.05, 0) is 45.3 Å². The van der Waals surface area contributed by atoms with Gasteiger partial charge in [-0.1, -0.05) is 12.8 Å². The van der Waals surface area contributed by atoms with Crippen LogP contribution < -0.4 is 10.6 Å². The minimum Gasteiger partial charge on any atom is -0.359 e. The number of rotatable bonds is 6. The fourth-order valence-electron chi connectivity index (χ4n) is 2.31. The van der Waals surface area contributed by atoms with E-state index in [4.69, 9.17) is 0 Å². The second-order valence-corrected chi connectivity index (χ2v) is 4.71.